The van der Waals surface area contributed by atoms with Crippen LogP contribution in [-0.4, -0.2) is 76.3 Å². The van der Waals surface area contributed by atoms with E-state index < -0.39 is 48.3 Å². The minimum absolute atomic E-state index is 0.135. The van der Waals surface area contributed by atoms with Crippen molar-refractivity contribution in [2.45, 2.75) is 24.9 Å². The Hall–Kier alpha value is -4.19. The van der Waals surface area contributed by atoms with Crippen molar-refractivity contribution in [1.29, 1.82) is 0 Å². The molecule has 0 fully saturated rings. The fourth-order valence-corrected chi connectivity index (χ4v) is 3.77. The zero-order valence-corrected chi connectivity index (χ0v) is 20.7. The maximum absolute atomic E-state index is 12.6. The normalized spacial score (nSPS) is 12.0. The number of rotatable bonds is 14. The topological polar surface area (TPSA) is 179 Å². The molecule has 0 heterocycles. The summed E-state index contributed by atoms with van der Waals surface area (Å²) >= 11 is 1.26. The zero-order chi connectivity index (χ0) is 27.4. The lowest BCUT2D eigenvalue weighted by molar-refractivity contribution is -0.139. The molecule has 2 atom stereocenters. The summed E-state index contributed by atoms with van der Waals surface area (Å²) in [6.45, 7) is -0.603. The van der Waals surface area contributed by atoms with E-state index in [9.17, 15) is 33.9 Å². The highest BCUT2D eigenvalue weighted by Gasteiger charge is 2.24. The molecule has 5 N–H and O–H groups in total. The smallest absolute Gasteiger partial charge is 0.326 e. The largest absolute Gasteiger partial charge is 0.480 e. The van der Waals surface area contributed by atoms with Crippen LogP contribution in [0, 0.1) is 0 Å². The van der Waals surface area contributed by atoms with Crippen molar-refractivity contribution < 1.29 is 39.0 Å². The number of ketones is 1. The number of nitrogens with one attached hydrogen (secondary N) is 3. The van der Waals surface area contributed by atoms with E-state index in [0.29, 0.717) is 11.1 Å². The van der Waals surface area contributed by atoms with Gasteiger partial charge < -0.3 is 26.2 Å². The molecular weight excluding hydrogens is 502 g/mol. The Bertz CT molecular complexity index is 1140. The number of carboxylic acids is 2. The van der Waals surface area contributed by atoms with Gasteiger partial charge >= 0.3 is 11.9 Å². The van der Waals surface area contributed by atoms with Gasteiger partial charge in [0.1, 0.15) is 18.6 Å². The first-order valence-electron chi connectivity index (χ1n) is 11.1. The SMILES string of the molecule is CSC[C@H](NC(=O)CC[C@H](NC(=O)c1ccc(C(=O)c2ccccc2)cc1)C(=O)O)C(=O)NCC(=O)O. The number of amides is 3. The van der Waals surface area contributed by atoms with Crippen molar-refractivity contribution >= 4 is 47.2 Å². The van der Waals surface area contributed by atoms with Crippen molar-refractivity contribution in [2.75, 3.05) is 18.6 Å². The van der Waals surface area contributed by atoms with Crippen LogP contribution >= 0.6 is 11.8 Å². The molecule has 12 heteroatoms. The van der Waals surface area contributed by atoms with Crippen LogP contribution < -0.4 is 16.0 Å². The minimum Gasteiger partial charge on any atom is -0.480 e. The lowest BCUT2D eigenvalue weighted by Crippen LogP contribution is -2.49. The van der Waals surface area contributed by atoms with Crippen molar-refractivity contribution in [1.82, 2.24) is 16.0 Å². The minimum atomic E-state index is -1.39. The maximum Gasteiger partial charge on any atom is 0.326 e. The molecular formula is C25H27N3O8S. The fraction of sp³-hybridized carbons (Fsp3) is 0.280. The summed E-state index contributed by atoms with van der Waals surface area (Å²) in [5.41, 5.74) is 0.986. The standard InChI is InChI=1S/C25H27N3O8S/c1-37-14-19(24(34)26-13-21(30)31)27-20(29)12-11-18(25(35)36)28-23(33)17-9-7-16(8-10-17)22(32)15-5-3-2-4-6-15/h2-10,18-19H,11-14H2,1H3,(H,26,34)(H,27,29)(H,28,33)(H,30,31)(H,35,36)/t18-,19-/m0/s1. The number of hydrogen-bond acceptors (Lipinski definition) is 7. The van der Waals surface area contributed by atoms with E-state index in [1.165, 1.54) is 36.0 Å². The highest BCUT2D eigenvalue weighted by Crippen LogP contribution is 2.12. The Morgan fingerprint density at radius 2 is 1.41 bits per heavy atom. The monoisotopic (exact) mass is 529 g/mol. The van der Waals surface area contributed by atoms with Gasteiger partial charge in [0.05, 0.1) is 0 Å². The molecule has 2 aromatic carbocycles. The summed E-state index contributed by atoms with van der Waals surface area (Å²) in [6, 6.07) is 11.9. The third-order valence-electron chi connectivity index (χ3n) is 5.11. The Morgan fingerprint density at radius 1 is 0.811 bits per heavy atom. The summed E-state index contributed by atoms with van der Waals surface area (Å²) < 4.78 is 0. The highest BCUT2D eigenvalue weighted by atomic mass is 32.2. The van der Waals surface area contributed by atoms with Crippen LogP contribution in [0.4, 0.5) is 0 Å². The predicted molar refractivity (Wildman–Crippen MR) is 135 cm³/mol. The summed E-state index contributed by atoms with van der Waals surface area (Å²) in [7, 11) is 0. The van der Waals surface area contributed by atoms with E-state index in [0.717, 1.165) is 0 Å². The molecule has 2 aromatic rings. The number of carbonyl (C=O) groups is 6. The van der Waals surface area contributed by atoms with Crippen LogP contribution in [0.5, 0.6) is 0 Å². The number of carbonyl (C=O) groups excluding carboxylic acids is 4. The number of hydrogen-bond donors (Lipinski definition) is 5. The van der Waals surface area contributed by atoms with E-state index in [2.05, 4.69) is 16.0 Å². The Morgan fingerprint density at radius 3 is 1.97 bits per heavy atom. The molecule has 3 amide bonds. The second-order valence-electron chi connectivity index (χ2n) is 7.86. The predicted octanol–water partition coefficient (Wildman–Crippen LogP) is 0.929. The van der Waals surface area contributed by atoms with Gasteiger partial charge in [-0.05, 0) is 24.8 Å². The van der Waals surface area contributed by atoms with Gasteiger partial charge in [0.25, 0.3) is 5.91 Å². The molecule has 0 bridgehead atoms. The molecule has 0 aliphatic heterocycles. The van der Waals surface area contributed by atoms with Gasteiger partial charge in [-0.1, -0.05) is 42.5 Å². The third-order valence-corrected chi connectivity index (χ3v) is 5.77. The van der Waals surface area contributed by atoms with Gasteiger partial charge in [-0.15, -0.1) is 0 Å². The Balaban J connectivity index is 1.95. The molecule has 0 aromatic heterocycles. The molecule has 0 aliphatic carbocycles. The Labute approximate surface area is 217 Å². The van der Waals surface area contributed by atoms with Crippen LogP contribution in [0.25, 0.3) is 0 Å². The third kappa shape index (κ3) is 9.41. The molecule has 196 valence electrons. The number of thioether (sulfide) groups is 1. The Kier molecular flexibility index (Phi) is 11.3. The second kappa shape index (κ2) is 14.4. The number of aliphatic carboxylic acids is 2. The van der Waals surface area contributed by atoms with Crippen LogP contribution in [0.3, 0.4) is 0 Å². The van der Waals surface area contributed by atoms with E-state index >= 15 is 0 Å². The van der Waals surface area contributed by atoms with Gasteiger partial charge in [-0.2, -0.15) is 11.8 Å². The molecule has 37 heavy (non-hydrogen) atoms. The van der Waals surface area contributed by atoms with Crippen LogP contribution in [0.15, 0.2) is 54.6 Å². The average Bonchev–Trinajstić information content (AvgIpc) is 2.89. The number of carboxylic acid groups (broad SMARTS) is 2. The second-order valence-corrected chi connectivity index (χ2v) is 8.77. The van der Waals surface area contributed by atoms with Gasteiger partial charge in [0.2, 0.25) is 11.8 Å². The maximum atomic E-state index is 12.6. The van der Waals surface area contributed by atoms with Crippen molar-refractivity contribution in [3.05, 3.63) is 71.3 Å². The molecule has 0 saturated carbocycles. The van der Waals surface area contributed by atoms with Gasteiger partial charge in [0, 0.05) is 28.9 Å². The van der Waals surface area contributed by atoms with Crippen LogP contribution in [0.2, 0.25) is 0 Å². The van der Waals surface area contributed by atoms with Crippen molar-refractivity contribution in [2.24, 2.45) is 0 Å². The summed E-state index contributed by atoms with van der Waals surface area (Å²) in [5, 5.41) is 25.1. The van der Waals surface area contributed by atoms with E-state index in [4.69, 9.17) is 5.11 Å². The van der Waals surface area contributed by atoms with Gasteiger partial charge in [-0.25, -0.2) is 4.79 Å². The summed E-state index contributed by atoms with van der Waals surface area (Å²) in [4.78, 5) is 71.8. The lowest BCUT2D eigenvalue weighted by Gasteiger charge is -2.18. The van der Waals surface area contributed by atoms with Crippen LogP contribution in [-0.2, 0) is 19.2 Å². The fourth-order valence-electron chi connectivity index (χ4n) is 3.21. The lowest BCUT2D eigenvalue weighted by atomic mass is 10.0. The van der Waals surface area contributed by atoms with Gasteiger partial charge in [0.15, 0.2) is 5.78 Å². The first-order valence-corrected chi connectivity index (χ1v) is 12.5. The van der Waals surface area contributed by atoms with E-state index in [-0.39, 0.29) is 29.9 Å². The molecule has 0 unspecified atom stereocenters. The molecule has 2 rings (SSSR count). The average molecular weight is 530 g/mol. The van der Waals surface area contributed by atoms with E-state index in [1.807, 2.05) is 0 Å². The van der Waals surface area contributed by atoms with Crippen molar-refractivity contribution in [3.8, 4) is 0 Å². The first-order chi connectivity index (χ1) is 17.6. The first kappa shape index (κ1) is 29.0. The van der Waals surface area contributed by atoms with Crippen molar-refractivity contribution in [3.63, 3.8) is 0 Å². The molecule has 11 nitrogen and oxygen atoms in total. The molecule has 0 saturated heterocycles. The quantitative estimate of drug-likeness (QED) is 0.223. The molecule has 0 radical (unpaired) electrons. The molecule has 0 spiro atoms. The van der Waals surface area contributed by atoms with Crippen LogP contribution in [0.1, 0.15) is 39.1 Å². The summed E-state index contributed by atoms with van der Waals surface area (Å²) in [5.74, 6) is -4.63. The highest BCUT2D eigenvalue weighted by molar-refractivity contribution is 7.98. The number of benzene rings is 2. The summed E-state index contributed by atoms with van der Waals surface area (Å²) in [6.07, 6.45) is 1.14. The van der Waals surface area contributed by atoms with Gasteiger partial charge in [-0.3, -0.25) is 24.0 Å². The van der Waals surface area contributed by atoms with E-state index in [1.54, 1.807) is 36.6 Å². The molecule has 0 aliphatic rings. The zero-order valence-electron chi connectivity index (χ0n) is 19.9.